The van der Waals surface area contributed by atoms with Gasteiger partial charge in [-0.3, -0.25) is 9.36 Å². The number of carbonyl (C=O) groups is 1. The lowest BCUT2D eigenvalue weighted by molar-refractivity contribution is -0.132. The third kappa shape index (κ3) is 3.96. The molecule has 0 bridgehead atoms. The number of nitrogens with one attached hydrogen (secondary N) is 1. The number of nitrogens with zero attached hydrogens (tertiary/aromatic N) is 4. The first-order chi connectivity index (χ1) is 15.2. The Labute approximate surface area is 184 Å². The number of hydrogen-bond donors (Lipinski definition) is 1. The van der Waals surface area contributed by atoms with Crippen molar-refractivity contribution >= 4 is 28.6 Å². The van der Waals surface area contributed by atoms with Gasteiger partial charge in [0.05, 0.1) is 19.0 Å². The number of morpholine rings is 1. The fourth-order valence-corrected chi connectivity index (χ4v) is 4.68. The van der Waals surface area contributed by atoms with Crippen LogP contribution in [0.4, 0.5) is 0 Å². The van der Waals surface area contributed by atoms with E-state index in [4.69, 9.17) is 4.74 Å². The van der Waals surface area contributed by atoms with E-state index >= 15 is 0 Å². The second kappa shape index (κ2) is 8.56. The van der Waals surface area contributed by atoms with Crippen LogP contribution in [-0.4, -0.2) is 62.6 Å². The standard InChI is InChI=1S/C23H23N5O2S/c1-16-5-4-6-17(13-16)28-22(19-14-24-20-8-3-2-7-18(19)20)25-26-23(28)31-15-21(29)27-9-11-30-12-10-27/h2-8,13-14,24H,9-12,15H2,1H3. The smallest absolute Gasteiger partial charge is 0.233 e. The summed E-state index contributed by atoms with van der Waals surface area (Å²) in [6, 6.07) is 16.4. The van der Waals surface area contributed by atoms with Gasteiger partial charge in [-0.15, -0.1) is 10.2 Å². The Kier molecular flexibility index (Phi) is 5.48. The highest BCUT2D eigenvalue weighted by Crippen LogP contribution is 2.32. The summed E-state index contributed by atoms with van der Waals surface area (Å²) in [5.41, 5.74) is 4.16. The largest absolute Gasteiger partial charge is 0.378 e. The van der Waals surface area contributed by atoms with Gasteiger partial charge in [-0.25, -0.2) is 0 Å². The Morgan fingerprint density at radius 2 is 1.97 bits per heavy atom. The highest BCUT2D eigenvalue weighted by molar-refractivity contribution is 7.99. The number of H-pyrrole nitrogens is 1. The molecular weight excluding hydrogens is 410 g/mol. The Balaban J connectivity index is 1.52. The molecule has 0 unspecified atom stereocenters. The summed E-state index contributed by atoms with van der Waals surface area (Å²) in [7, 11) is 0. The minimum absolute atomic E-state index is 0.0979. The van der Waals surface area contributed by atoms with Gasteiger partial charge in [-0.05, 0) is 30.7 Å². The van der Waals surface area contributed by atoms with Crippen LogP contribution < -0.4 is 0 Å². The molecule has 1 fully saturated rings. The highest BCUT2D eigenvalue weighted by atomic mass is 32.2. The first-order valence-corrected chi connectivity index (χ1v) is 11.3. The fourth-order valence-electron chi connectivity index (χ4n) is 3.82. The van der Waals surface area contributed by atoms with E-state index in [1.807, 2.05) is 46.0 Å². The lowest BCUT2D eigenvalue weighted by atomic mass is 10.1. The summed E-state index contributed by atoms with van der Waals surface area (Å²) < 4.78 is 7.39. The van der Waals surface area contributed by atoms with Gasteiger partial charge < -0.3 is 14.6 Å². The van der Waals surface area contributed by atoms with Gasteiger partial charge in [0, 0.05) is 41.4 Å². The predicted molar refractivity (Wildman–Crippen MR) is 122 cm³/mol. The van der Waals surface area contributed by atoms with Crippen molar-refractivity contribution in [3.63, 3.8) is 0 Å². The van der Waals surface area contributed by atoms with Crippen LogP contribution in [0.5, 0.6) is 0 Å². The van der Waals surface area contributed by atoms with Crippen LogP contribution in [0.25, 0.3) is 28.0 Å². The molecule has 5 rings (SSSR count). The van der Waals surface area contributed by atoms with Gasteiger partial charge in [-0.2, -0.15) is 0 Å². The molecule has 158 valence electrons. The molecule has 0 saturated carbocycles. The fraction of sp³-hybridized carbons (Fsp3) is 0.261. The number of carbonyl (C=O) groups excluding carboxylic acids is 1. The molecule has 0 aliphatic carbocycles. The summed E-state index contributed by atoms with van der Waals surface area (Å²) in [5.74, 6) is 1.17. The normalized spacial score (nSPS) is 14.3. The van der Waals surface area contributed by atoms with Crippen molar-refractivity contribution in [2.24, 2.45) is 0 Å². The lowest BCUT2D eigenvalue weighted by Gasteiger charge is -2.26. The molecule has 2 aromatic heterocycles. The molecule has 3 heterocycles. The van der Waals surface area contributed by atoms with Gasteiger partial charge >= 0.3 is 0 Å². The molecule has 1 aliphatic heterocycles. The third-order valence-electron chi connectivity index (χ3n) is 5.41. The summed E-state index contributed by atoms with van der Waals surface area (Å²) in [5, 5.41) is 10.8. The molecule has 4 aromatic rings. The van der Waals surface area contributed by atoms with E-state index in [0.29, 0.717) is 37.2 Å². The number of rotatable bonds is 5. The first-order valence-electron chi connectivity index (χ1n) is 10.3. The Morgan fingerprint density at radius 3 is 2.81 bits per heavy atom. The molecule has 1 saturated heterocycles. The van der Waals surface area contributed by atoms with Crippen molar-refractivity contribution in [3.05, 3.63) is 60.3 Å². The maximum atomic E-state index is 12.7. The molecule has 1 N–H and O–H groups in total. The SMILES string of the molecule is Cc1cccc(-n2c(SCC(=O)N3CCOCC3)nnc2-c2c[nH]c3ccccc23)c1. The van der Waals surface area contributed by atoms with Crippen LogP contribution in [0.2, 0.25) is 0 Å². The van der Waals surface area contributed by atoms with Crippen molar-refractivity contribution in [3.8, 4) is 17.1 Å². The van der Waals surface area contributed by atoms with E-state index in [2.05, 4.69) is 40.3 Å². The zero-order chi connectivity index (χ0) is 21.2. The van der Waals surface area contributed by atoms with E-state index in [-0.39, 0.29) is 5.91 Å². The minimum atomic E-state index is 0.0979. The molecule has 0 atom stereocenters. The predicted octanol–water partition coefficient (Wildman–Crippen LogP) is 3.67. The summed E-state index contributed by atoms with van der Waals surface area (Å²) >= 11 is 1.42. The number of thioether (sulfide) groups is 1. The molecule has 1 aliphatic rings. The van der Waals surface area contributed by atoms with Crippen molar-refractivity contribution in [2.45, 2.75) is 12.1 Å². The van der Waals surface area contributed by atoms with E-state index in [1.54, 1.807) is 0 Å². The second-order valence-electron chi connectivity index (χ2n) is 7.51. The monoisotopic (exact) mass is 433 g/mol. The second-order valence-corrected chi connectivity index (χ2v) is 8.45. The first kappa shape index (κ1) is 19.8. The minimum Gasteiger partial charge on any atom is -0.378 e. The number of para-hydroxylation sites is 1. The van der Waals surface area contributed by atoms with Gasteiger partial charge in [-0.1, -0.05) is 42.1 Å². The van der Waals surface area contributed by atoms with Crippen molar-refractivity contribution < 1.29 is 9.53 Å². The van der Waals surface area contributed by atoms with Crippen LogP contribution in [-0.2, 0) is 9.53 Å². The summed E-state index contributed by atoms with van der Waals surface area (Å²) in [6.07, 6.45) is 1.97. The van der Waals surface area contributed by atoms with Gasteiger partial charge in [0.1, 0.15) is 0 Å². The molecule has 2 aromatic carbocycles. The average Bonchev–Trinajstić information content (AvgIpc) is 3.42. The van der Waals surface area contributed by atoms with E-state index < -0.39 is 0 Å². The summed E-state index contributed by atoms with van der Waals surface area (Å²) in [6.45, 7) is 4.55. The Hall–Kier alpha value is -3.10. The van der Waals surface area contributed by atoms with Crippen molar-refractivity contribution in [1.82, 2.24) is 24.6 Å². The van der Waals surface area contributed by atoms with Crippen molar-refractivity contribution in [2.75, 3.05) is 32.1 Å². The third-order valence-corrected chi connectivity index (χ3v) is 6.33. The molecular formula is C23H23N5O2S. The average molecular weight is 434 g/mol. The van der Waals surface area contributed by atoms with Crippen LogP contribution in [0, 0.1) is 6.92 Å². The van der Waals surface area contributed by atoms with E-state index in [1.165, 1.54) is 11.8 Å². The number of hydrogen-bond acceptors (Lipinski definition) is 5. The Bertz CT molecular complexity index is 1230. The zero-order valence-electron chi connectivity index (χ0n) is 17.2. The maximum Gasteiger partial charge on any atom is 0.233 e. The Morgan fingerprint density at radius 1 is 1.13 bits per heavy atom. The van der Waals surface area contributed by atoms with Crippen LogP contribution >= 0.6 is 11.8 Å². The summed E-state index contributed by atoms with van der Waals surface area (Å²) in [4.78, 5) is 17.8. The van der Waals surface area contributed by atoms with E-state index in [9.17, 15) is 4.79 Å². The maximum absolute atomic E-state index is 12.7. The zero-order valence-corrected chi connectivity index (χ0v) is 18.1. The molecule has 1 amide bonds. The van der Waals surface area contributed by atoms with Crippen LogP contribution in [0.3, 0.4) is 0 Å². The van der Waals surface area contributed by atoms with E-state index in [0.717, 1.165) is 33.5 Å². The van der Waals surface area contributed by atoms with Gasteiger partial charge in [0.2, 0.25) is 5.91 Å². The van der Waals surface area contributed by atoms with Crippen LogP contribution in [0.1, 0.15) is 5.56 Å². The number of aromatic nitrogens is 4. The number of aryl methyl sites for hydroxylation is 1. The highest BCUT2D eigenvalue weighted by Gasteiger charge is 2.22. The number of benzene rings is 2. The van der Waals surface area contributed by atoms with Gasteiger partial charge in [0.25, 0.3) is 0 Å². The number of fused-ring (bicyclic) bond motifs is 1. The lowest BCUT2D eigenvalue weighted by Crippen LogP contribution is -2.41. The van der Waals surface area contributed by atoms with Crippen LogP contribution in [0.15, 0.2) is 59.9 Å². The molecule has 0 spiro atoms. The van der Waals surface area contributed by atoms with Gasteiger partial charge in [0.15, 0.2) is 11.0 Å². The topological polar surface area (TPSA) is 76.0 Å². The van der Waals surface area contributed by atoms with Crippen molar-refractivity contribution in [1.29, 1.82) is 0 Å². The number of amides is 1. The molecule has 8 heteroatoms. The quantitative estimate of drug-likeness (QED) is 0.486. The molecule has 0 radical (unpaired) electrons. The molecule has 7 nitrogen and oxygen atoms in total. The molecule has 31 heavy (non-hydrogen) atoms. The number of ether oxygens (including phenoxy) is 1. The number of aromatic amines is 1.